The molecule has 20 heavy (non-hydrogen) atoms. The van der Waals surface area contributed by atoms with Gasteiger partial charge in [0.15, 0.2) is 0 Å². The minimum Gasteiger partial charge on any atom is -0.493 e. The molecule has 1 amide bonds. The summed E-state index contributed by atoms with van der Waals surface area (Å²) in [6.07, 6.45) is 0.867. The molecule has 1 aromatic carbocycles. The quantitative estimate of drug-likeness (QED) is 0.889. The Labute approximate surface area is 128 Å². The maximum atomic E-state index is 11.9. The topological polar surface area (TPSA) is 50.4 Å². The fraction of sp³-hybridized carbons (Fsp3) is 0.533. The van der Waals surface area contributed by atoms with Crippen LogP contribution in [0.2, 0.25) is 0 Å². The van der Waals surface area contributed by atoms with Crippen LogP contribution >= 0.6 is 15.9 Å². The van der Waals surface area contributed by atoms with E-state index >= 15 is 0 Å². The molecule has 5 heteroatoms. The molecule has 1 aliphatic heterocycles. The van der Waals surface area contributed by atoms with Crippen LogP contribution in [0.15, 0.2) is 22.7 Å². The summed E-state index contributed by atoms with van der Waals surface area (Å²) in [4.78, 5) is 11.9. The first-order chi connectivity index (χ1) is 9.35. The summed E-state index contributed by atoms with van der Waals surface area (Å²) in [5, 5.41) is 6.27. The SMILES string of the molecule is CC(C)(C)NC(=O)CNC1CCOc2ccc(Br)cc21. The highest BCUT2D eigenvalue weighted by molar-refractivity contribution is 9.10. The van der Waals surface area contributed by atoms with Crippen molar-refractivity contribution in [2.24, 2.45) is 0 Å². The largest absolute Gasteiger partial charge is 0.493 e. The first-order valence-electron chi connectivity index (χ1n) is 6.82. The van der Waals surface area contributed by atoms with Crippen LogP contribution in [-0.2, 0) is 4.79 Å². The molecular weight excluding hydrogens is 320 g/mol. The zero-order chi connectivity index (χ0) is 14.8. The third-order valence-corrected chi connectivity index (χ3v) is 3.53. The van der Waals surface area contributed by atoms with Gasteiger partial charge in [-0.05, 0) is 39.0 Å². The molecular formula is C15H21BrN2O2. The molecule has 4 nitrogen and oxygen atoms in total. The van der Waals surface area contributed by atoms with Gasteiger partial charge >= 0.3 is 0 Å². The Morgan fingerprint density at radius 1 is 1.45 bits per heavy atom. The lowest BCUT2D eigenvalue weighted by atomic mass is 10.0. The average Bonchev–Trinajstić information content (AvgIpc) is 2.34. The van der Waals surface area contributed by atoms with Gasteiger partial charge in [0, 0.05) is 28.0 Å². The second-order valence-electron chi connectivity index (χ2n) is 6.05. The van der Waals surface area contributed by atoms with Gasteiger partial charge in [0.05, 0.1) is 13.2 Å². The number of carbonyl (C=O) groups is 1. The predicted molar refractivity (Wildman–Crippen MR) is 82.9 cm³/mol. The summed E-state index contributed by atoms with van der Waals surface area (Å²) < 4.78 is 6.66. The van der Waals surface area contributed by atoms with Gasteiger partial charge in [0.25, 0.3) is 0 Å². The van der Waals surface area contributed by atoms with E-state index in [-0.39, 0.29) is 17.5 Å². The molecule has 1 unspecified atom stereocenters. The van der Waals surface area contributed by atoms with Crippen LogP contribution in [0, 0.1) is 0 Å². The normalized spacial score (nSPS) is 18.1. The Hall–Kier alpha value is -1.07. The second-order valence-corrected chi connectivity index (χ2v) is 6.97. The van der Waals surface area contributed by atoms with E-state index in [0.29, 0.717) is 13.2 Å². The molecule has 1 heterocycles. The Kier molecular flexibility index (Phi) is 4.70. The van der Waals surface area contributed by atoms with Gasteiger partial charge in [0.1, 0.15) is 5.75 Å². The minimum atomic E-state index is -0.199. The van der Waals surface area contributed by atoms with Crippen molar-refractivity contribution in [3.63, 3.8) is 0 Å². The second kappa shape index (κ2) is 6.14. The Morgan fingerprint density at radius 2 is 2.20 bits per heavy atom. The number of ether oxygens (including phenoxy) is 1. The number of amides is 1. The van der Waals surface area contributed by atoms with Crippen molar-refractivity contribution in [3.8, 4) is 5.75 Å². The highest BCUT2D eigenvalue weighted by Crippen LogP contribution is 2.33. The summed E-state index contributed by atoms with van der Waals surface area (Å²) in [5.41, 5.74) is 0.907. The van der Waals surface area contributed by atoms with Crippen molar-refractivity contribution in [3.05, 3.63) is 28.2 Å². The van der Waals surface area contributed by atoms with Crippen LogP contribution < -0.4 is 15.4 Å². The summed E-state index contributed by atoms with van der Waals surface area (Å²) in [6, 6.07) is 6.13. The van der Waals surface area contributed by atoms with Crippen molar-refractivity contribution >= 4 is 21.8 Å². The van der Waals surface area contributed by atoms with E-state index in [1.165, 1.54) is 0 Å². The minimum absolute atomic E-state index is 0.0144. The molecule has 1 aliphatic rings. The fourth-order valence-electron chi connectivity index (χ4n) is 2.26. The van der Waals surface area contributed by atoms with Crippen LogP contribution in [0.4, 0.5) is 0 Å². The van der Waals surface area contributed by atoms with Gasteiger partial charge in [-0.25, -0.2) is 0 Å². The van der Waals surface area contributed by atoms with Gasteiger partial charge in [-0.1, -0.05) is 15.9 Å². The molecule has 2 rings (SSSR count). The van der Waals surface area contributed by atoms with E-state index in [1.807, 2.05) is 39.0 Å². The molecule has 0 radical (unpaired) electrons. The molecule has 1 aromatic rings. The molecule has 0 bridgehead atoms. The predicted octanol–water partition coefficient (Wildman–Crippen LogP) is 2.78. The summed E-state index contributed by atoms with van der Waals surface area (Å²) in [6.45, 7) is 6.92. The third kappa shape index (κ3) is 4.21. The van der Waals surface area contributed by atoms with Crippen molar-refractivity contribution < 1.29 is 9.53 Å². The Bertz CT molecular complexity index is 497. The number of halogens is 1. The molecule has 0 saturated heterocycles. The van der Waals surface area contributed by atoms with E-state index in [2.05, 4.69) is 26.6 Å². The highest BCUT2D eigenvalue weighted by Gasteiger charge is 2.22. The fourth-order valence-corrected chi connectivity index (χ4v) is 2.63. The van der Waals surface area contributed by atoms with E-state index in [4.69, 9.17) is 4.74 Å². The number of carbonyl (C=O) groups excluding carboxylic acids is 1. The number of benzene rings is 1. The van der Waals surface area contributed by atoms with E-state index in [9.17, 15) is 4.79 Å². The molecule has 0 fully saturated rings. The monoisotopic (exact) mass is 340 g/mol. The number of nitrogens with one attached hydrogen (secondary N) is 2. The van der Waals surface area contributed by atoms with Crippen LogP contribution in [-0.4, -0.2) is 24.6 Å². The van der Waals surface area contributed by atoms with Crippen molar-refractivity contribution in [1.82, 2.24) is 10.6 Å². The van der Waals surface area contributed by atoms with Crippen LogP contribution in [0.25, 0.3) is 0 Å². The summed E-state index contributed by atoms with van der Waals surface area (Å²) >= 11 is 3.48. The van der Waals surface area contributed by atoms with Gasteiger partial charge in [-0.2, -0.15) is 0 Å². The summed E-state index contributed by atoms with van der Waals surface area (Å²) in [7, 11) is 0. The zero-order valence-electron chi connectivity index (χ0n) is 12.1. The maximum absolute atomic E-state index is 11.9. The lowest BCUT2D eigenvalue weighted by Crippen LogP contribution is -2.45. The van der Waals surface area contributed by atoms with Crippen molar-refractivity contribution in [2.45, 2.75) is 38.8 Å². The van der Waals surface area contributed by atoms with Crippen LogP contribution in [0.3, 0.4) is 0 Å². The standard InChI is InChI=1S/C15H21BrN2O2/c1-15(2,3)18-14(19)9-17-12-6-7-20-13-5-4-10(16)8-11(12)13/h4-5,8,12,17H,6-7,9H2,1-3H3,(H,18,19). The smallest absolute Gasteiger partial charge is 0.234 e. The van der Waals surface area contributed by atoms with Crippen molar-refractivity contribution in [1.29, 1.82) is 0 Å². The van der Waals surface area contributed by atoms with Crippen molar-refractivity contribution in [2.75, 3.05) is 13.2 Å². The van der Waals surface area contributed by atoms with E-state index in [0.717, 1.165) is 22.2 Å². The molecule has 1 atom stereocenters. The first kappa shape index (κ1) is 15.3. The molecule has 0 aliphatic carbocycles. The number of rotatable bonds is 3. The highest BCUT2D eigenvalue weighted by atomic mass is 79.9. The summed E-state index contributed by atoms with van der Waals surface area (Å²) in [5.74, 6) is 0.911. The first-order valence-corrected chi connectivity index (χ1v) is 7.61. The van der Waals surface area contributed by atoms with E-state index < -0.39 is 0 Å². The molecule has 2 N–H and O–H groups in total. The van der Waals surface area contributed by atoms with E-state index in [1.54, 1.807) is 0 Å². The average molecular weight is 341 g/mol. The molecule has 0 aromatic heterocycles. The number of fused-ring (bicyclic) bond motifs is 1. The van der Waals surface area contributed by atoms with Gasteiger partial charge < -0.3 is 15.4 Å². The van der Waals surface area contributed by atoms with Crippen LogP contribution in [0.1, 0.15) is 38.8 Å². The number of hydrogen-bond acceptors (Lipinski definition) is 3. The Balaban J connectivity index is 1.98. The molecule has 110 valence electrons. The van der Waals surface area contributed by atoms with Gasteiger partial charge in [-0.15, -0.1) is 0 Å². The molecule has 0 spiro atoms. The van der Waals surface area contributed by atoms with Gasteiger partial charge in [-0.3, -0.25) is 4.79 Å². The lowest BCUT2D eigenvalue weighted by molar-refractivity contribution is -0.121. The van der Waals surface area contributed by atoms with Gasteiger partial charge in [0.2, 0.25) is 5.91 Å². The van der Waals surface area contributed by atoms with Crippen LogP contribution in [0.5, 0.6) is 5.75 Å². The maximum Gasteiger partial charge on any atom is 0.234 e. The lowest BCUT2D eigenvalue weighted by Gasteiger charge is -2.27. The Morgan fingerprint density at radius 3 is 2.90 bits per heavy atom. The number of hydrogen-bond donors (Lipinski definition) is 2. The molecule has 0 saturated carbocycles. The zero-order valence-corrected chi connectivity index (χ0v) is 13.7. The third-order valence-electron chi connectivity index (χ3n) is 3.03.